The topological polar surface area (TPSA) is 47.8 Å². The van der Waals surface area contributed by atoms with E-state index in [1.807, 2.05) is 48.0 Å². The zero-order chi connectivity index (χ0) is 13.9. The quantitative estimate of drug-likeness (QED) is 0.713. The summed E-state index contributed by atoms with van der Waals surface area (Å²) in [7, 11) is 1.91. The van der Waals surface area contributed by atoms with Gasteiger partial charge in [0.25, 0.3) is 0 Å². The molecule has 0 aromatic carbocycles. The van der Waals surface area contributed by atoms with Gasteiger partial charge < -0.3 is 4.57 Å². The number of pyridine rings is 3. The van der Waals surface area contributed by atoms with E-state index in [2.05, 4.69) is 9.97 Å². The summed E-state index contributed by atoms with van der Waals surface area (Å²) in [5, 5.41) is 0. The van der Waals surface area contributed by atoms with Crippen molar-refractivity contribution in [2.75, 3.05) is 0 Å². The van der Waals surface area contributed by atoms with Crippen LogP contribution >= 0.6 is 0 Å². The van der Waals surface area contributed by atoms with E-state index in [4.69, 9.17) is 0 Å². The van der Waals surface area contributed by atoms with Gasteiger partial charge in [-0.3, -0.25) is 14.8 Å². The third kappa shape index (κ3) is 2.23. The maximum atomic E-state index is 11.9. The van der Waals surface area contributed by atoms with Crippen molar-refractivity contribution in [3.63, 3.8) is 0 Å². The molecule has 0 bridgehead atoms. The van der Waals surface area contributed by atoms with Gasteiger partial charge in [0.1, 0.15) is 0 Å². The summed E-state index contributed by atoms with van der Waals surface area (Å²) >= 11 is 0. The van der Waals surface area contributed by atoms with Crippen molar-refractivity contribution in [3.8, 4) is 22.8 Å². The summed E-state index contributed by atoms with van der Waals surface area (Å²) in [6.07, 6.45) is 3.43. The Morgan fingerprint density at radius 1 is 0.850 bits per heavy atom. The highest BCUT2D eigenvalue weighted by Crippen LogP contribution is 2.21. The van der Waals surface area contributed by atoms with E-state index in [9.17, 15) is 4.79 Å². The molecule has 3 aromatic heterocycles. The molecule has 0 radical (unpaired) electrons. The second-order valence-corrected chi connectivity index (χ2v) is 4.45. The molecule has 98 valence electrons. The minimum Gasteiger partial charge on any atom is -0.341 e. The minimum absolute atomic E-state index is 0.0515. The van der Waals surface area contributed by atoms with Gasteiger partial charge in [0.15, 0.2) is 5.43 Å². The van der Waals surface area contributed by atoms with Crippen molar-refractivity contribution >= 4 is 0 Å². The zero-order valence-corrected chi connectivity index (χ0v) is 11.0. The molecule has 0 aliphatic carbocycles. The third-order valence-corrected chi connectivity index (χ3v) is 3.14. The van der Waals surface area contributed by atoms with E-state index in [0.29, 0.717) is 0 Å². The first-order valence-electron chi connectivity index (χ1n) is 6.29. The maximum Gasteiger partial charge on any atom is 0.182 e. The van der Waals surface area contributed by atoms with Crippen LogP contribution in [0.15, 0.2) is 65.7 Å². The maximum absolute atomic E-state index is 11.9. The predicted molar refractivity (Wildman–Crippen MR) is 78.1 cm³/mol. The van der Waals surface area contributed by atoms with Gasteiger partial charge in [-0.1, -0.05) is 12.1 Å². The van der Waals surface area contributed by atoms with Gasteiger partial charge in [-0.2, -0.15) is 0 Å². The molecule has 3 heterocycles. The Morgan fingerprint density at radius 2 is 1.35 bits per heavy atom. The molecule has 0 spiro atoms. The lowest BCUT2D eigenvalue weighted by Crippen LogP contribution is -2.10. The van der Waals surface area contributed by atoms with Crippen molar-refractivity contribution < 1.29 is 0 Å². The lowest BCUT2D eigenvalue weighted by molar-refractivity contribution is 0.908. The van der Waals surface area contributed by atoms with Crippen LogP contribution in [0.2, 0.25) is 0 Å². The molecule has 3 aromatic rings. The summed E-state index contributed by atoms with van der Waals surface area (Å²) in [6.45, 7) is 0. The molecule has 0 N–H and O–H groups in total. The Hall–Kier alpha value is -2.75. The van der Waals surface area contributed by atoms with E-state index >= 15 is 0 Å². The smallest absolute Gasteiger partial charge is 0.182 e. The minimum atomic E-state index is -0.0515. The highest BCUT2D eigenvalue weighted by molar-refractivity contribution is 5.62. The van der Waals surface area contributed by atoms with Gasteiger partial charge in [-0.15, -0.1) is 0 Å². The fourth-order valence-electron chi connectivity index (χ4n) is 2.15. The Labute approximate surface area is 116 Å². The number of hydrogen-bond donors (Lipinski definition) is 0. The Morgan fingerprint density at radius 3 is 1.75 bits per heavy atom. The first kappa shape index (κ1) is 12.3. The molecule has 0 atom stereocenters. The highest BCUT2D eigenvalue weighted by atomic mass is 16.1. The molecule has 0 fully saturated rings. The highest BCUT2D eigenvalue weighted by Gasteiger charge is 2.09. The average molecular weight is 263 g/mol. The van der Waals surface area contributed by atoms with Crippen molar-refractivity contribution in [1.29, 1.82) is 0 Å². The second kappa shape index (κ2) is 5.09. The summed E-state index contributed by atoms with van der Waals surface area (Å²) in [5.74, 6) is 0. The number of hydrogen-bond acceptors (Lipinski definition) is 3. The molecule has 20 heavy (non-hydrogen) atoms. The van der Waals surface area contributed by atoms with E-state index in [1.165, 1.54) is 0 Å². The molecule has 0 unspecified atom stereocenters. The standard InChI is InChI=1S/C16H13N3O/c1-19-15(13-6-2-4-8-17-13)10-12(20)11-16(19)14-7-3-5-9-18-14/h2-11H,1H3. The van der Waals surface area contributed by atoms with Gasteiger partial charge in [0, 0.05) is 31.6 Å². The van der Waals surface area contributed by atoms with Gasteiger partial charge in [-0.05, 0) is 24.3 Å². The summed E-state index contributed by atoms with van der Waals surface area (Å²) < 4.78 is 1.94. The molecular weight excluding hydrogens is 250 g/mol. The van der Waals surface area contributed by atoms with Crippen LogP contribution in [-0.4, -0.2) is 14.5 Å². The number of aromatic nitrogens is 3. The molecular formula is C16H13N3O. The van der Waals surface area contributed by atoms with Crippen LogP contribution in [0.5, 0.6) is 0 Å². The van der Waals surface area contributed by atoms with Crippen molar-refractivity contribution in [1.82, 2.24) is 14.5 Å². The van der Waals surface area contributed by atoms with Crippen LogP contribution in [0.3, 0.4) is 0 Å². The van der Waals surface area contributed by atoms with Crippen molar-refractivity contribution in [3.05, 3.63) is 71.1 Å². The van der Waals surface area contributed by atoms with Crippen LogP contribution in [0.1, 0.15) is 0 Å². The van der Waals surface area contributed by atoms with E-state index in [-0.39, 0.29) is 5.43 Å². The third-order valence-electron chi connectivity index (χ3n) is 3.14. The fraction of sp³-hybridized carbons (Fsp3) is 0.0625. The molecule has 4 heteroatoms. The van der Waals surface area contributed by atoms with Crippen LogP contribution < -0.4 is 5.43 Å². The van der Waals surface area contributed by atoms with Crippen LogP contribution in [0.4, 0.5) is 0 Å². The van der Waals surface area contributed by atoms with E-state index < -0.39 is 0 Å². The number of nitrogens with zero attached hydrogens (tertiary/aromatic N) is 3. The molecule has 4 nitrogen and oxygen atoms in total. The van der Waals surface area contributed by atoms with Gasteiger partial charge in [0.2, 0.25) is 0 Å². The van der Waals surface area contributed by atoms with Crippen LogP contribution in [0, 0.1) is 0 Å². The normalized spacial score (nSPS) is 10.4. The molecule has 0 saturated carbocycles. The Bertz CT molecular complexity index is 716. The SMILES string of the molecule is Cn1c(-c2ccccn2)cc(=O)cc1-c1ccccn1. The second-order valence-electron chi connectivity index (χ2n) is 4.45. The largest absolute Gasteiger partial charge is 0.341 e. The van der Waals surface area contributed by atoms with Crippen LogP contribution in [-0.2, 0) is 7.05 Å². The van der Waals surface area contributed by atoms with Gasteiger partial charge in [0.05, 0.1) is 22.8 Å². The molecule has 0 amide bonds. The van der Waals surface area contributed by atoms with E-state index in [0.717, 1.165) is 22.8 Å². The van der Waals surface area contributed by atoms with Crippen molar-refractivity contribution in [2.24, 2.45) is 7.05 Å². The lowest BCUT2D eigenvalue weighted by Gasteiger charge is -2.13. The Kier molecular flexibility index (Phi) is 3.13. The molecule has 0 aliphatic rings. The molecule has 0 saturated heterocycles. The first-order chi connectivity index (χ1) is 9.75. The fourth-order valence-corrected chi connectivity index (χ4v) is 2.15. The first-order valence-corrected chi connectivity index (χ1v) is 6.29. The Balaban J connectivity index is 2.24. The summed E-state index contributed by atoms with van der Waals surface area (Å²) in [6, 6.07) is 14.5. The van der Waals surface area contributed by atoms with E-state index in [1.54, 1.807) is 24.5 Å². The average Bonchev–Trinajstić information content (AvgIpc) is 2.51. The predicted octanol–water partition coefficient (Wildman–Crippen LogP) is 2.51. The van der Waals surface area contributed by atoms with Crippen molar-refractivity contribution in [2.45, 2.75) is 0 Å². The summed E-state index contributed by atoms with van der Waals surface area (Å²) in [5.41, 5.74) is 3.04. The lowest BCUT2D eigenvalue weighted by atomic mass is 10.1. The zero-order valence-electron chi connectivity index (χ0n) is 11.0. The number of rotatable bonds is 2. The summed E-state index contributed by atoms with van der Waals surface area (Å²) in [4.78, 5) is 20.6. The van der Waals surface area contributed by atoms with Gasteiger partial charge >= 0.3 is 0 Å². The van der Waals surface area contributed by atoms with Crippen LogP contribution in [0.25, 0.3) is 22.8 Å². The molecule has 0 aliphatic heterocycles. The van der Waals surface area contributed by atoms with Gasteiger partial charge in [-0.25, -0.2) is 0 Å². The monoisotopic (exact) mass is 263 g/mol. The molecule has 3 rings (SSSR count).